The zero-order chi connectivity index (χ0) is 9.52. The molecule has 1 heteroatoms. The van der Waals surface area contributed by atoms with Gasteiger partial charge in [-0.15, -0.1) is 0 Å². The van der Waals surface area contributed by atoms with Crippen LogP contribution < -0.4 is 0 Å². The normalized spacial score (nSPS) is 23.9. The Morgan fingerprint density at radius 1 is 0.923 bits per heavy atom. The Bertz CT molecular complexity index is 151. The smallest absolute Gasteiger partial charge is 0.00217 e. The topological polar surface area (TPSA) is 3.24 Å². The van der Waals surface area contributed by atoms with Gasteiger partial charge in [0.15, 0.2) is 0 Å². The quantitative estimate of drug-likeness (QED) is 0.519. The molecule has 1 nitrogen and oxygen atoms in total. The average Bonchev–Trinajstić information content (AvgIpc) is 2.14. The fraction of sp³-hybridized carbons (Fsp3) is 0.833. The van der Waals surface area contributed by atoms with Crippen LogP contribution in [0.2, 0.25) is 0 Å². The zero-order valence-corrected chi connectivity index (χ0v) is 9.02. The summed E-state index contributed by atoms with van der Waals surface area (Å²) in [4.78, 5) is 2.47. The van der Waals surface area contributed by atoms with Crippen molar-refractivity contribution >= 4 is 0 Å². The van der Waals surface area contributed by atoms with Crippen LogP contribution in [0.5, 0.6) is 0 Å². The van der Waals surface area contributed by atoms with Gasteiger partial charge in [-0.05, 0) is 58.7 Å². The maximum atomic E-state index is 4.12. The van der Waals surface area contributed by atoms with Crippen LogP contribution in [-0.4, -0.2) is 25.0 Å². The molecule has 0 spiro atoms. The second kappa shape index (κ2) is 6.20. The van der Waals surface area contributed by atoms with Crippen LogP contribution in [0.25, 0.3) is 0 Å². The first-order valence-electron chi connectivity index (χ1n) is 5.64. The standard InChI is InChI=1S/C12H23N/c1-12-8-4-3-6-10-13(2)11-7-5-9-12/h1,3-11H2,2H3. The first kappa shape index (κ1) is 10.8. The highest BCUT2D eigenvalue weighted by molar-refractivity contribution is 4.93. The van der Waals surface area contributed by atoms with E-state index in [0.717, 1.165) is 0 Å². The molecule has 0 bridgehead atoms. The molecule has 1 rings (SSSR count). The highest BCUT2D eigenvalue weighted by atomic mass is 15.1. The molecule has 0 unspecified atom stereocenters. The maximum Gasteiger partial charge on any atom is -0.00217 e. The van der Waals surface area contributed by atoms with Gasteiger partial charge in [0.25, 0.3) is 0 Å². The number of hydrogen-bond acceptors (Lipinski definition) is 1. The van der Waals surface area contributed by atoms with Crippen LogP contribution in [0.15, 0.2) is 12.2 Å². The predicted molar refractivity (Wildman–Crippen MR) is 59.0 cm³/mol. The molecule has 0 aromatic rings. The van der Waals surface area contributed by atoms with Gasteiger partial charge < -0.3 is 4.90 Å². The summed E-state index contributed by atoms with van der Waals surface area (Å²) in [6, 6.07) is 0. The van der Waals surface area contributed by atoms with Crippen molar-refractivity contribution < 1.29 is 0 Å². The third kappa shape index (κ3) is 5.09. The Kier molecular flexibility index (Phi) is 5.14. The molecule has 76 valence electrons. The van der Waals surface area contributed by atoms with E-state index in [1.165, 1.54) is 63.6 Å². The third-order valence-electron chi connectivity index (χ3n) is 2.89. The molecule has 0 N–H and O–H groups in total. The minimum absolute atomic E-state index is 1.26. The van der Waals surface area contributed by atoms with Crippen molar-refractivity contribution in [2.24, 2.45) is 0 Å². The molecule has 0 aromatic heterocycles. The second-order valence-corrected chi connectivity index (χ2v) is 4.32. The summed E-state index contributed by atoms with van der Waals surface area (Å²) in [7, 11) is 2.24. The third-order valence-corrected chi connectivity index (χ3v) is 2.89. The largest absolute Gasteiger partial charge is 0.306 e. The van der Waals surface area contributed by atoms with Crippen molar-refractivity contribution in [3.63, 3.8) is 0 Å². The van der Waals surface area contributed by atoms with Crippen molar-refractivity contribution in [1.29, 1.82) is 0 Å². The average molecular weight is 181 g/mol. The lowest BCUT2D eigenvalue weighted by Gasteiger charge is -2.15. The van der Waals surface area contributed by atoms with Crippen molar-refractivity contribution in [1.82, 2.24) is 4.90 Å². The summed E-state index contributed by atoms with van der Waals surface area (Å²) >= 11 is 0. The molecule has 0 saturated carbocycles. The van der Waals surface area contributed by atoms with E-state index in [9.17, 15) is 0 Å². The van der Waals surface area contributed by atoms with E-state index in [1.807, 2.05) is 0 Å². The van der Waals surface area contributed by atoms with Gasteiger partial charge in [-0.25, -0.2) is 0 Å². The number of allylic oxidation sites excluding steroid dienone is 1. The molecule has 1 aliphatic rings. The predicted octanol–water partition coefficient (Wildman–Crippen LogP) is 3.22. The van der Waals surface area contributed by atoms with E-state index in [4.69, 9.17) is 0 Å². The van der Waals surface area contributed by atoms with Gasteiger partial charge >= 0.3 is 0 Å². The van der Waals surface area contributed by atoms with E-state index >= 15 is 0 Å². The fourth-order valence-electron chi connectivity index (χ4n) is 1.93. The molecule has 1 saturated heterocycles. The highest BCUT2D eigenvalue weighted by Gasteiger charge is 2.02. The zero-order valence-electron chi connectivity index (χ0n) is 9.02. The first-order valence-corrected chi connectivity index (χ1v) is 5.64. The lowest BCUT2D eigenvalue weighted by Crippen LogP contribution is -2.20. The number of rotatable bonds is 0. The minimum atomic E-state index is 1.26. The van der Waals surface area contributed by atoms with Crippen LogP contribution in [0.4, 0.5) is 0 Å². The van der Waals surface area contributed by atoms with Gasteiger partial charge in [-0.3, -0.25) is 0 Å². The monoisotopic (exact) mass is 181 g/mol. The van der Waals surface area contributed by atoms with Crippen LogP contribution in [-0.2, 0) is 0 Å². The molecule has 13 heavy (non-hydrogen) atoms. The summed E-state index contributed by atoms with van der Waals surface area (Å²) < 4.78 is 0. The van der Waals surface area contributed by atoms with Gasteiger partial charge in [0.1, 0.15) is 0 Å². The molecule has 0 radical (unpaired) electrons. The van der Waals surface area contributed by atoms with Crippen LogP contribution in [0.1, 0.15) is 44.9 Å². The Balaban J connectivity index is 2.26. The number of nitrogens with zero attached hydrogens (tertiary/aromatic N) is 1. The fourth-order valence-corrected chi connectivity index (χ4v) is 1.93. The molecular formula is C12H23N. The first-order chi connectivity index (χ1) is 6.29. The van der Waals surface area contributed by atoms with Gasteiger partial charge in [0.05, 0.1) is 0 Å². The second-order valence-electron chi connectivity index (χ2n) is 4.32. The summed E-state index contributed by atoms with van der Waals surface area (Å²) in [5.74, 6) is 0. The lowest BCUT2D eigenvalue weighted by molar-refractivity contribution is 0.319. The molecule has 0 aliphatic carbocycles. The molecule has 1 aliphatic heterocycles. The van der Waals surface area contributed by atoms with Crippen LogP contribution >= 0.6 is 0 Å². The summed E-state index contributed by atoms with van der Waals surface area (Å²) in [5, 5.41) is 0. The Labute approximate surface area is 82.8 Å². The number of hydrogen-bond donors (Lipinski definition) is 0. The van der Waals surface area contributed by atoms with Gasteiger partial charge in [-0.2, -0.15) is 0 Å². The molecular weight excluding hydrogens is 158 g/mol. The highest BCUT2D eigenvalue weighted by Crippen LogP contribution is 2.15. The van der Waals surface area contributed by atoms with Crippen molar-refractivity contribution in [2.75, 3.05) is 20.1 Å². The van der Waals surface area contributed by atoms with Gasteiger partial charge in [0.2, 0.25) is 0 Å². The molecule has 1 heterocycles. The van der Waals surface area contributed by atoms with Gasteiger partial charge in [0, 0.05) is 0 Å². The van der Waals surface area contributed by atoms with Crippen molar-refractivity contribution in [2.45, 2.75) is 44.9 Å². The van der Waals surface area contributed by atoms with Crippen LogP contribution in [0, 0.1) is 0 Å². The van der Waals surface area contributed by atoms with Crippen molar-refractivity contribution in [3.8, 4) is 0 Å². The van der Waals surface area contributed by atoms with E-state index < -0.39 is 0 Å². The van der Waals surface area contributed by atoms with Crippen molar-refractivity contribution in [3.05, 3.63) is 12.2 Å². The Hall–Kier alpha value is -0.300. The molecule has 0 atom stereocenters. The summed E-state index contributed by atoms with van der Waals surface area (Å²) in [6.07, 6.45) is 9.30. The van der Waals surface area contributed by atoms with E-state index in [1.54, 1.807) is 0 Å². The summed E-state index contributed by atoms with van der Waals surface area (Å²) in [5.41, 5.74) is 1.48. The van der Waals surface area contributed by atoms with Gasteiger partial charge in [-0.1, -0.05) is 18.6 Å². The Morgan fingerprint density at radius 3 is 2.15 bits per heavy atom. The Morgan fingerprint density at radius 2 is 1.46 bits per heavy atom. The summed E-state index contributed by atoms with van der Waals surface area (Å²) in [6.45, 7) is 6.68. The van der Waals surface area contributed by atoms with Crippen LogP contribution in [0.3, 0.4) is 0 Å². The molecule has 0 amide bonds. The van der Waals surface area contributed by atoms with E-state index in [2.05, 4.69) is 18.5 Å². The lowest BCUT2D eigenvalue weighted by atomic mass is 10.0. The minimum Gasteiger partial charge on any atom is -0.306 e. The van der Waals surface area contributed by atoms with E-state index in [0.29, 0.717) is 0 Å². The molecule has 1 fully saturated rings. The molecule has 0 aromatic carbocycles. The maximum absolute atomic E-state index is 4.12. The SMILES string of the molecule is C=C1CCCCCN(C)CCCC1. The van der Waals surface area contributed by atoms with E-state index in [-0.39, 0.29) is 0 Å².